The summed E-state index contributed by atoms with van der Waals surface area (Å²) in [6, 6.07) is 36.1. The molecule has 8 atom stereocenters. The quantitative estimate of drug-likeness (QED) is 0.403. The molecule has 7 rings (SSSR count). The summed E-state index contributed by atoms with van der Waals surface area (Å²) in [6.45, 7) is 0. The van der Waals surface area contributed by atoms with Gasteiger partial charge in [-0.05, 0) is 22.3 Å². The fourth-order valence-electron chi connectivity index (χ4n) is 5.66. The monoisotopic (exact) mass is 508 g/mol. The zero-order chi connectivity index (χ0) is 25.6. The maximum absolute atomic E-state index is 11.2. The van der Waals surface area contributed by atoms with E-state index in [1.165, 1.54) is 0 Å². The molecule has 192 valence electrons. The molecule has 2 N–H and O–H groups in total. The second-order valence-corrected chi connectivity index (χ2v) is 10.0. The number of hydrogen-bond acceptors (Lipinski definition) is 6. The van der Waals surface area contributed by atoms with Crippen LogP contribution in [0, 0.1) is 0 Å². The molecule has 4 aromatic rings. The SMILES string of the molecule is OC1C2OC(c3ccc(-c4ccccc4)cc3)O[C@H]2C(O)[C@@H]2OC(c3ccc(-c4ccccc4)cc3)O[C@@H]12. The summed E-state index contributed by atoms with van der Waals surface area (Å²) in [6.07, 6.45) is -6.31. The van der Waals surface area contributed by atoms with Crippen molar-refractivity contribution in [1.82, 2.24) is 0 Å². The van der Waals surface area contributed by atoms with Crippen LogP contribution in [0.25, 0.3) is 22.3 Å². The Morgan fingerprint density at radius 3 is 0.974 bits per heavy atom. The van der Waals surface area contributed by atoms with Gasteiger partial charge in [-0.15, -0.1) is 0 Å². The number of aliphatic hydroxyl groups excluding tert-OH is 2. The van der Waals surface area contributed by atoms with Crippen molar-refractivity contribution < 1.29 is 29.2 Å². The Morgan fingerprint density at radius 1 is 0.368 bits per heavy atom. The zero-order valence-electron chi connectivity index (χ0n) is 20.5. The summed E-state index contributed by atoms with van der Waals surface area (Å²) >= 11 is 0. The first kappa shape index (κ1) is 23.7. The second kappa shape index (κ2) is 9.75. The van der Waals surface area contributed by atoms with E-state index in [0.717, 1.165) is 33.4 Å². The van der Waals surface area contributed by atoms with Crippen molar-refractivity contribution in [2.75, 3.05) is 0 Å². The molecule has 6 heteroatoms. The highest BCUT2D eigenvalue weighted by molar-refractivity contribution is 5.64. The van der Waals surface area contributed by atoms with Crippen molar-refractivity contribution in [2.45, 2.75) is 49.2 Å². The lowest BCUT2D eigenvalue weighted by Gasteiger charge is -2.38. The number of fused-ring (bicyclic) bond motifs is 2. The van der Waals surface area contributed by atoms with Crippen LogP contribution in [-0.4, -0.2) is 46.8 Å². The Hall–Kier alpha value is -3.36. The molecule has 2 aliphatic heterocycles. The van der Waals surface area contributed by atoms with Crippen LogP contribution in [0.2, 0.25) is 0 Å². The molecule has 4 aromatic carbocycles. The van der Waals surface area contributed by atoms with Crippen LogP contribution >= 0.6 is 0 Å². The van der Waals surface area contributed by atoms with Crippen LogP contribution in [0.1, 0.15) is 23.7 Å². The molecular formula is C32H28O6. The first-order valence-corrected chi connectivity index (χ1v) is 12.9. The van der Waals surface area contributed by atoms with Crippen molar-refractivity contribution in [2.24, 2.45) is 0 Å². The van der Waals surface area contributed by atoms with Gasteiger partial charge in [-0.1, -0.05) is 109 Å². The Bertz CT molecular complexity index is 1240. The number of hydrogen-bond donors (Lipinski definition) is 2. The fraction of sp³-hybridized carbons (Fsp3) is 0.250. The number of rotatable bonds is 4. The predicted octanol–water partition coefficient (Wildman–Crippen LogP) is 5.02. The lowest BCUT2D eigenvalue weighted by molar-refractivity contribution is -0.152. The molecule has 3 aliphatic rings. The predicted molar refractivity (Wildman–Crippen MR) is 141 cm³/mol. The standard InChI is InChI=1S/C32H28O6/c33-25-27-28(36-31(35-27)23-15-11-21(12-16-23)19-7-3-1-4-8-19)26(34)30-29(25)37-32(38-30)24-17-13-22(14-18-24)20-9-5-2-6-10-20/h1-18,25-34H/t25?,26?,27-,28-,29-,30?,31?,32?/m0/s1. The maximum atomic E-state index is 11.2. The number of ether oxygens (including phenoxy) is 4. The molecule has 0 radical (unpaired) electrons. The van der Waals surface area contributed by atoms with Crippen molar-refractivity contribution in [3.63, 3.8) is 0 Å². The van der Waals surface area contributed by atoms with Crippen molar-refractivity contribution >= 4 is 0 Å². The average Bonchev–Trinajstić information content (AvgIpc) is 3.64. The minimum absolute atomic E-state index is 0.695. The summed E-state index contributed by atoms with van der Waals surface area (Å²) in [5.41, 5.74) is 6.06. The molecule has 0 spiro atoms. The van der Waals surface area contributed by atoms with Crippen molar-refractivity contribution in [3.05, 3.63) is 120 Å². The molecule has 5 unspecified atom stereocenters. The third-order valence-corrected chi connectivity index (χ3v) is 7.70. The van der Waals surface area contributed by atoms with Gasteiger partial charge in [0.15, 0.2) is 12.6 Å². The van der Waals surface area contributed by atoms with Gasteiger partial charge in [0, 0.05) is 11.1 Å². The maximum Gasteiger partial charge on any atom is 0.184 e. The molecule has 0 amide bonds. The fourth-order valence-corrected chi connectivity index (χ4v) is 5.66. The van der Waals surface area contributed by atoms with E-state index < -0.39 is 49.2 Å². The van der Waals surface area contributed by atoms with E-state index >= 15 is 0 Å². The van der Waals surface area contributed by atoms with Gasteiger partial charge in [-0.3, -0.25) is 0 Å². The van der Waals surface area contributed by atoms with Gasteiger partial charge in [-0.25, -0.2) is 0 Å². The highest BCUT2D eigenvalue weighted by atomic mass is 16.8. The van der Waals surface area contributed by atoms with E-state index in [4.69, 9.17) is 18.9 Å². The van der Waals surface area contributed by atoms with E-state index in [1.54, 1.807) is 0 Å². The topological polar surface area (TPSA) is 77.4 Å². The summed E-state index contributed by atoms with van der Waals surface area (Å²) in [4.78, 5) is 0. The van der Waals surface area contributed by atoms with Crippen LogP contribution in [0.4, 0.5) is 0 Å². The Morgan fingerprint density at radius 2 is 0.658 bits per heavy atom. The molecule has 2 heterocycles. The van der Waals surface area contributed by atoms with Crippen LogP contribution in [0.3, 0.4) is 0 Å². The van der Waals surface area contributed by atoms with Gasteiger partial charge in [-0.2, -0.15) is 0 Å². The molecule has 1 saturated carbocycles. The van der Waals surface area contributed by atoms with E-state index in [-0.39, 0.29) is 0 Å². The van der Waals surface area contributed by atoms with Crippen molar-refractivity contribution in [1.29, 1.82) is 0 Å². The Balaban J connectivity index is 1.05. The molecule has 1 aliphatic carbocycles. The summed E-state index contributed by atoms with van der Waals surface area (Å²) < 4.78 is 24.5. The van der Waals surface area contributed by atoms with Crippen LogP contribution in [0.15, 0.2) is 109 Å². The van der Waals surface area contributed by atoms with Crippen LogP contribution in [-0.2, 0) is 18.9 Å². The van der Waals surface area contributed by atoms with E-state index in [9.17, 15) is 10.2 Å². The Kier molecular flexibility index (Phi) is 6.09. The van der Waals surface area contributed by atoms with E-state index in [0.29, 0.717) is 0 Å². The first-order chi connectivity index (χ1) is 18.7. The molecule has 38 heavy (non-hydrogen) atoms. The molecular weight excluding hydrogens is 480 g/mol. The van der Waals surface area contributed by atoms with Crippen LogP contribution < -0.4 is 0 Å². The largest absolute Gasteiger partial charge is 0.387 e. The highest BCUT2D eigenvalue weighted by Gasteiger charge is 2.60. The van der Waals surface area contributed by atoms with Gasteiger partial charge in [0.25, 0.3) is 0 Å². The normalized spacial score (nSPS) is 32.1. The molecule has 0 aromatic heterocycles. The minimum Gasteiger partial charge on any atom is -0.387 e. The highest BCUT2D eigenvalue weighted by Crippen LogP contribution is 2.45. The summed E-state index contributed by atoms with van der Waals surface area (Å²) in [5.74, 6) is 0. The molecule has 2 saturated heterocycles. The van der Waals surface area contributed by atoms with Gasteiger partial charge in [0.1, 0.15) is 36.6 Å². The lowest BCUT2D eigenvalue weighted by Crippen LogP contribution is -2.61. The summed E-state index contributed by atoms with van der Waals surface area (Å²) in [7, 11) is 0. The molecule has 0 bridgehead atoms. The number of aliphatic hydroxyl groups is 2. The van der Waals surface area contributed by atoms with E-state index in [1.807, 2.05) is 84.9 Å². The minimum atomic E-state index is -1.00. The van der Waals surface area contributed by atoms with E-state index in [2.05, 4.69) is 24.3 Å². The average molecular weight is 509 g/mol. The Labute approximate surface area is 221 Å². The lowest BCUT2D eigenvalue weighted by atomic mass is 9.85. The van der Waals surface area contributed by atoms with Crippen molar-refractivity contribution in [3.8, 4) is 22.3 Å². The van der Waals surface area contributed by atoms with Gasteiger partial charge >= 0.3 is 0 Å². The van der Waals surface area contributed by atoms with Gasteiger partial charge in [0.2, 0.25) is 0 Å². The third kappa shape index (κ3) is 4.16. The zero-order valence-corrected chi connectivity index (χ0v) is 20.5. The third-order valence-electron chi connectivity index (χ3n) is 7.70. The van der Waals surface area contributed by atoms with Gasteiger partial charge in [0.05, 0.1) is 0 Å². The second-order valence-electron chi connectivity index (χ2n) is 10.0. The smallest absolute Gasteiger partial charge is 0.184 e. The van der Waals surface area contributed by atoms with Gasteiger partial charge < -0.3 is 29.2 Å². The first-order valence-electron chi connectivity index (χ1n) is 12.9. The molecule has 6 nitrogen and oxygen atoms in total. The number of benzene rings is 4. The van der Waals surface area contributed by atoms with Crippen LogP contribution in [0.5, 0.6) is 0 Å². The molecule has 3 fully saturated rings. The summed E-state index contributed by atoms with van der Waals surface area (Å²) in [5, 5.41) is 22.3.